The van der Waals surface area contributed by atoms with E-state index in [0.29, 0.717) is 50.9 Å². The SMILES string of the molecule is C=CCc1cc(/C=C2\SC(=S)N(c3ccc4c(c3)OCO4)C2=O)cc(OC)c1OCc1ccc(Br)cc1. The van der Waals surface area contributed by atoms with Gasteiger partial charge in [0.25, 0.3) is 5.91 Å². The number of carbonyl (C=O) groups is 1. The fraction of sp³-hybridized carbons (Fsp3) is 0.143. The van der Waals surface area contributed by atoms with Crippen LogP contribution in [0.25, 0.3) is 6.08 Å². The Morgan fingerprint density at radius 3 is 2.68 bits per heavy atom. The van der Waals surface area contributed by atoms with Gasteiger partial charge in [0.1, 0.15) is 6.61 Å². The van der Waals surface area contributed by atoms with Crippen LogP contribution in [-0.2, 0) is 17.8 Å². The van der Waals surface area contributed by atoms with Crippen molar-refractivity contribution >= 4 is 61.9 Å². The van der Waals surface area contributed by atoms with Crippen molar-refractivity contribution in [3.05, 3.63) is 93.3 Å². The van der Waals surface area contributed by atoms with E-state index in [1.165, 1.54) is 16.7 Å². The first-order chi connectivity index (χ1) is 18.0. The number of hydrogen-bond acceptors (Lipinski definition) is 7. The van der Waals surface area contributed by atoms with Crippen LogP contribution in [-0.4, -0.2) is 24.1 Å². The minimum absolute atomic E-state index is 0.162. The summed E-state index contributed by atoms with van der Waals surface area (Å²) in [7, 11) is 1.60. The summed E-state index contributed by atoms with van der Waals surface area (Å²) in [5.41, 5.74) is 3.38. The van der Waals surface area contributed by atoms with Crippen LogP contribution in [0.4, 0.5) is 5.69 Å². The number of benzene rings is 3. The number of carbonyl (C=O) groups excluding carboxylic acids is 1. The third-order valence-electron chi connectivity index (χ3n) is 5.74. The summed E-state index contributed by atoms with van der Waals surface area (Å²) in [5.74, 6) is 2.26. The lowest BCUT2D eigenvalue weighted by atomic mass is 10.0. The number of nitrogens with zero attached hydrogens (tertiary/aromatic N) is 1. The quantitative estimate of drug-likeness (QED) is 0.159. The van der Waals surface area contributed by atoms with Gasteiger partial charge in [0.05, 0.1) is 17.7 Å². The van der Waals surface area contributed by atoms with Gasteiger partial charge in [0, 0.05) is 16.1 Å². The third kappa shape index (κ3) is 5.39. The topological polar surface area (TPSA) is 57.2 Å². The molecule has 0 saturated carbocycles. The van der Waals surface area contributed by atoms with Gasteiger partial charge in [-0.2, -0.15) is 0 Å². The standard InChI is InChI=1S/C28H22BrNO5S2/c1-3-4-19-11-18(12-24(32-2)26(19)33-15-17-5-7-20(29)8-6-17)13-25-27(31)30(28(36)37-25)21-9-10-22-23(14-21)35-16-34-22/h3,5-14H,1,4,15-16H2,2H3/b25-13-. The maximum absolute atomic E-state index is 13.3. The first-order valence-corrected chi connectivity index (χ1v) is 13.3. The highest BCUT2D eigenvalue weighted by molar-refractivity contribution is 9.10. The van der Waals surface area contributed by atoms with Crippen molar-refractivity contribution in [1.29, 1.82) is 0 Å². The number of thioether (sulfide) groups is 1. The van der Waals surface area contributed by atoms with E-state index in [9.17, 15) is 4.79 Å². The number of methoxy groups -OCH3 is 1. The normalized spacial score (nSPS) is 15.4. The van der Waals surface area contributed by atoms with Crippen LogP contribution in [0.2, 0.25) is 0 Å². The molecule has 0 radical (unpaired) electrons. The molecule has 3 aromatic carbocycles. The fourth-order valence-corrected chi connectivity index (χ4v) is 5.55. The number of halogens is 1. The molecule has 1 fully saturated rings. The highest BCUT2D eigenvalue weighted by Crippen LogP contribution is 2.42. The molecule has 2 aliphatic rings. The number of anilines is 1. The van der Waals surface area contributed by atoms with Crippen molar-refractivity contribution < 1.29 is 23.7 Å². The lowest BCUT2D eigenvalue weighted by molar-refractivity contribution is -0.113. The lowest BCUT2D eigenvalue weighted by Gasteiger charge is -2.16. The number of rotatable bonds is 8. The van der Waals surface area contributed by atoms with Crippen LogP contribution < -0.4 is 23.8 Å². The lowest BCUT2D eigenvalue weighted by Crippen LogP contribution is -2.27. The smallest absolute Gasteiger partial charge is 0.270 e. The minimum atomic E-state index is -0.200. The van der Waals surface area contributed by atoms with Gasteiger partial charge in [0.15, 0.2) is 27.3 Å². The van der Waals surface area contributed by atoms with Gasteiger partial charge in [0.2, 0.25) is 6.79 Å². The summed E-state index contributed by atoms with van der Waals surface area (Å²) in [6.07, 6.45) is 4.20. The van der Waals surface area contributed by atoms with Gasteiger partial charge in [-0.3, -0.25) is 9.69 Å². The molecule has 9 heteroatoms. The minimum Gasteiger partial charge on any atom is -0.493 e. The molecular formula is C28H22BrNO5S2. The Morgan fingerprint density at radius 2 is 1.92 bits per heavy atom. The van der Waals surface area contributed by atoms with Crippen molar-refractivity contribution in [2.45, 2.75) is 13.0 Å². The number of allylic oxidation sites excluding steroid dienone is 1. The Kier molecular flexibility index (Phi) is 7.55. The molecule has 5 rings (SSSR count). The summed E-state index contributed by atoms with van der Waals surface area (Å²) in [6, 6.07) is 17.1. The Bertz CT molecular complexity index is 1420. The van der Waals surface area contributed by atoms with Crippen LogP contribution in [0.1, 0.15) is 16.7 Å². The van der Waals surface area contributed by atoms with Crippen molar-refractivity contribution in [3.8, 4) is 23.0 Å². The Balaban J connectivity index is 1.42. The average molecular weight is 597 g/mol. The number of thiocarbonyl (C=S) groups is 1. The molecule has 0 aliphatic carbocycles. The van der Waals surface area contributed by atoms with Crippen LogP contribution in [0, 0.1) is 0 Å². The largest absolute Gasteiger partial charge is 0.493 e. The number of amides is 1. The van der Waals surface area contributed by atoms with E-state index in [0.717, 1.165) is 21.2 Å². The fourth-order valence-electron chi connectivity index (χ4n) is 3.99. The molecule has 0 unspecified atom stereocenters. The molecule has 3 aromatic rings. The van der Waals surface area contributed by atoms with Gasteiger partial charge in [-0.25, -0.2) is 0 Å². The zero-order valence-corrected chi connectivity index (χ0v) is 23.1. The van der Waals surface area contributed by atoms with Gasteiger partial charge in [-0.1, -0.05) is 58.1 Å². The molecule has 0 aromatic heterocycles. The summed E-state index contributed by atoms with van der Waals surface area (Å²) in [5, 5.41) is 0. The number of ether oxygens (including phenoxy) is 4. The monoisotopic (exact) mass is 595 g/mol. The van der Waals surface area contributed by atoms with E-state index < -0.39 is 0 Å². The van der Waals surface area contributed by atoms with Crippen molar-refractivity contribution in [2.75, 3.05) is 18.8 Å². The second-order valence-electron chi connectivity index (χ2n) is 8.17. The zero-order chi connectivity index (χ0) is 25.9. The first kappa shape index (κ1) is 25.4. The molecule has 2 heterocycles. The summed E-state index contributed by atoms with van der Waals surface area (Å²) < 4.78 is 24.1. The molecule has 2 aliphatic heterocycles. The highest BCUT2D eigenvalue weighted by atomic mass is 79.9. The molecule has 188 valence electrons. The number of hydrogen-bond donors (Lipinski definition) is 0. The van der Waals surface area contributed by atoms with Crippen molar-refractivity contribution in [2.24, 2.45) is 0 Å². The van der Waals surface area contributed by atoms with Gasteiger partial charge >= 0.3 is 0 Å². The molecule has 0 spiro atoms. The summed E-state index contributed by atoms with van der Waals surface area (Å²) in [4.78, 5) is 15.4. The Morgan fingerprint density at radius 1 is 1.14 bits per heavy atom. The molecule has 0 atom stereocenters. The van der Waals surface area contributed by atoms with E-state index in [4.69, 9.17) is 31.2 Å². The predicted octanol–water partition coefficient (Wildman–Crippen LogP) is 6.90. The first-order valence-electron chi connectivity index (χ1n) is 11.3. The second kappa shape index (κ2) is 11.0. The maximum Gasteiger partial charge on any atom is 0.270 e. The Labute approximate surface area is 233 Å². The van der Waals surface area contributed by atoms with E-state index in [1.54, 1.807) is 25.3 Å². The second-order valence-corrected chi connectivity index (χ2v) is 10.8. The maximum atomic E-state index is 13.3. The molecule has 37 heavy (non-hydrogen) atoms. The van der Waals surface area contributed by atoms with Crippen LogP contribution >= 0.6 is 39.9 Å². The van der Waals surface area contributed by atoms with Crippen LogP contribution in [0.15, 0.2) is 76.6 Å². The summed E-state index contributed by atoms with van der Waals surface area (Å²) in [6.45, 7) is 4.44. The van der Waals surface area contributed by atoms with Gasteiger partial charge in [-0.15, -0.1) is 6.58 Å². The summed E-state index contributed by atoms with van der Waals surface area (Å²) >= 11 is 10.2. The predicted molar refractivity (Wildman–Crippen MR) is 154 cm³/mol. The van der Waals surface area contributed by atoms with Crippen molar-refractivity contribution in [1.82, 2.24) is 0 Å². The van der Waals surface area contributed by atoms with Gasteiger partial charge < -0.3 is 18.9 Å². The molecule has 1 saturated heterocycles. The van der Waals surface area contributed by atoms with Crippen molar-refractivity contribution in [3.63, 3.8) is 0 Å². The molecule has 0 N–H and O–H groups in total. The number of fused-ring (bicyclic) bond motifs is 1. The molecular weight excluding hydrogens is 574 g/mol. The Hall–Kier alpha value is -3.27. The zero-order valence-electron chi connectivity index (χ0n) is 19.9. The van der Waals surface area contributed by atoms with E-state index in [1.807, 2.05) is 48.6 Å². The van der Waals surface area contributed by atoms with Crippen LogP contribution in [0.3, 0.4) is 0 Å². The highest BCUT2D eigenvalue weighted by Gasteiger charge is 2.34. The van der Waals surface area contributed by atoms with Gasteiger partial charge in [-0.05, 0) is 60.0 Å². The van der Waals surface area contributed by atoms with E-state index in [-0.39, 0.29) is 12.7 Å². The van der Waals surface area contributed by atoms with E-state index >= 15 is 0 Å². The van der Waals surface area contributed by atoms with E-state index in [2.05, 4.69) is 22.5 Å². The van der Waals surface area contributed by atoms with Crippen LogP contribution in [0.5, 0.6) is 23.0 Å². The third-order valence-corrected chi connectivity index (χ3v) is 7.57. The average Bonchev–Trinajstić information content (AvgIpc) is 3.47. The molecule has 6 nitrogen and oxygen atoms in total. The molecule has 0 bridgehead atoms. The molecule has 1 amide bonds.